The predicted molar refractivity (Wildman–Crippen MR) is 64.0 cm³/mol. The van der Waals surface area contributed by atoms with Crippen LogP contribution in [0.1, 0.15) is 27.2 Å². The lowest BCUT2D eigenvalue weighted by molar-refractivity contribution is -0.0660. The fraction of sp³-hybridized carbons (Fsp3) is 1.00. The van der Waals surface area contributed by atoms with E-state index in [9.17, 15) is 0 Å². The van der Waals surface area contributed by atoms with Crippen LogP contribution in [0.2, 0.25) is 0 Å². The molecule has 0 aliphatic carbocycles. The molecule has 0 amide bonds. The standard InChI is InChI=1S/C11H22BrNO/c1-9(2)4-5-13-7-10(3)14-11(6-12)8-13/h9-11H,4-8H2,1-3H3. The highest BCUT2D eigenvalue weighted by atomic mass is 79.9. The van der Waals surface area contributed by atoms with E-state index in [0.717, 1.165) is 24.3 Å². The zero-order chi connectivity index (χ0) is 10.6. The van der Waals surface area contributed by atoms with Crippen molar-refractivity contribution in [1.29, 1.82) is 0 Å². The number of alkyl halides is 1. The quantitative estimate of drug-likeness (QED) is 0.723. The first-order chi connectivity index (χ1) is 6.61. The van der Waals surface area contributed by atoms with E-state index in [1.54, 1.807) is 0 Å². The molecule has 0 bridgehead atoms. The molecular weight excluding hydrogens is 242 g/mol. The van der Waals surface area contributed by atoms with E-state index in [1.807, 2.05) is 0 Å². The number of morpholine rings is 1. The van der Waals surface area contributed by atoms with Crippen molar-refractivity contribution in [1.82, 2.24) is 4.90 Å². The Morgan fingerprint density at radius 2 is 2.14 bits per heavy atom. The molecule has 1 heterocycles. The molecule has 0 aromatic carbocycles. The second-order valence-corrected chi connectivity index (χ2v) is 5.31. The van der Waals surface area contributed by atoms with Crippen LogP contribution < -0.4 is 0 Å². The monoisotopic (exact) mass is 263 g/mol. The molecular formula is C11H22BrNO. The number of rotatable bonds is 4. The third-order valence-corrected chi connectivity index (χ3v) is 3.32. The molecule has 84 valence electrons. The largest absolute Gasteiger partial charge is 0.372 e. The van der Waals surface area contributed by atoms with Gasteiger partial charge in [0.2, 0.25) is 0 Å². The van der Waals surface area contributed by atoms with Gasteiger partial charge in [-0.2, -0.15) is 0 Å². The summed E-state index contributed by atoms with van der Waals surface area (Å²) in [5.74, 6) is 0.801. The number of hydrogen-bond donors (Lipinski definition) is 0. The van der Waals surface area contributed by atoms with Crippen molar-refractivity contribution in [2.24, 2.45) is 5.92 Å². The second-order valence-electron chi connectivity index (χ2n) is 4.67. The predicted octanol–water partition coefficient (Wildman–Crippen LogP) is 2.52. The summed E-state index contributed by atoms with van der Waals surface area (Å²) in [6, 6.07) is 0. The van der Waals surface area contributed by atoms with Gasteiger partial charge in [-0.25, -0.2) is 0 Å². The van der Waals surface area contributed by atoms with Gasteiger partial charge in [-0.1, -0.05) is 29.8 Å². The van der Waals surface area contributed by atoms with E-state index in [0.29, 0.717) is 12.2 Å². The van der Waals surface area contributed by atoms with Crippen LogP contribution in [0.4, 0.5) is 0 Å². The zero-order valence-electron chi connectivity index (χ0n) is 9.50. The molecule has 0 spiro atoms. The molecule has 2 unspecified atom stereocenters. The summed E-state index contributed by atoms with van der Waals surface area (Å²) in [5, 5.41) is 0.954. The highest BCUT2D eigenvalue weighted by Gasteiger charge is 2.23. The lowest BCUT2D eigenvalue weighted by Gasteiger charge is -2.36. The van der Waals surface area contributed by atoms with Crippen molar-refractivity contribution < 1.29 is 4.74 Å². The van der Waals surface area contributed by atoms with Gasteiger partial charge in [0.15, 0.2) is 0 Å². The number of nitrogens with zero attached hydrogens (tertiary/aromatic N) is 1. The molecule has 0 aromatic rings. The maximum absolute atomic E-state index is 5.78. The van der Waals surface area contributed by atoms with Crippen molar-refractivity contribution in [2.45, 2.75) is 39.4 Å². The van der Waals surface area contributed by atoms with E-state index < -0.39 is 0 Å². The SMILES string of the molecule is CC(C)CCN1CC(C)OC(CBr)C1. The van der Waals surface area contributed by atoms with Gasteiger partial charge in [0.25, 0.3) is 0 Å². The van der Waals surface area contributed by atoms with E-state index in [2.05, 4.69) is 41.6 Å². The lowest BCUT2D eigenvalue weighted by atomic mass is 10.1. The van der Waals surface area contributed by atoms with Gasteiger partial charge in [0.1, 0.15) is 0 Å². The maximum atomic E-state index is 5.78. The van der Waals surface area contributed by atoms with Crippen LogP contribution in [-0.4, -0.2) is 42.1 Å². The van der Waals surface area contributed by atoms with Crippen LogP contribution in [-0.2, 0) is 4.74 Å². The summed E-state index contributed by atoms with van der Waals surface area (Å²) < 4.78 is 5.78. The van der Waals surface area contributed by atoms with E-state index in [-0.39, 0.29) is 0 Å². The second kappa shape index (κ2) is 6.09. The molecule has 2 atom stereocenters. The van der Waals surface area contributed by atoms with E-state index in [1.165, 1.54) is 13.0 Å². The Balaban J connectivity index is 2.30. The van der Waals surface area contributed by atoms with Crippen LogP contribution in [0.25, 0.3) is 0 Å². The molecule has 0 aromatic heterocycles. The summed E-state index contributed by atoms with van der Waals surface area (Å²) in [4.78, 5) is 2.53. The van der Waals surface area contributed by atoms with Crippen LogP contribution in [0.5, 0.6) is 0 Å². The first-order valence-corrected chi connectivity index (χ1v) is 6.67. The Hall–Kier alpha value is 0.400. The van der Waals surface area contributed by atoms with Crippen molar-refractivity contribution in [3.05, 3.63) is 0 Å². The fourth-order valence-corrected chi connectivity index (χ4v) is 2.21. The number of hydrogen-bond acceptors (Lipinski definition) is 2. The Morgan fingerprint density at radius 3 is 2.71 bits per heavy atom. The molecule has 1 aliphatic rings. The van der Waals surface area contributed by atoms with Gasteiger partial charge in [-0.05, 0) is 25.8 Å². The van der Waals surface area contributed by atoms with Gasteiger partial charge in [-0.15, -0.1) is 0 Å². The molecule has 1 saturated heterocycles. The normalized spacial score (nSPS) is 29.8. The van der Waals surface area contributed by atoms with Crippen LogP contribution in [0.15, 0.2) is 0 Å². The van der Waals surface area contributed by atoms with Gasteiger partial charge in [0, 0.05) is 18.4 Å². The van der Waals surface area contributed by atoms with Crippen molar-refractivity contribution in [2.75, 3.05) is 25.0 Å². The van der Waals surface area contributed by atoms with Crippen molar-refractivity contribution in [3.8, 4) is 0 Å². The van der Waals surface area contributed by atoms with Crippen LogP contribution in [0, 0.1) is 5.92 Å². The molecule has 14 heavy (non-hydrogen) atoms. The summed E-state index contributed by atoms with van der Waals surface area (Å²) >= 11 is 3.49. The average Bonchev–Trinajstić information content (AvgIpc) is 2.14. The summed E-state index contributed by atoms with van der Waals surface area (Å²) in [6.07, 6.45) is 2.06. The fourth-order valence-electron chi connectivity index (χ4n) is 1.85. The lowest BCUT2D eigenvalue weighted by Crippen LogP contribution is -2.47. The van der Waals surface area contributed by atoms with Gasteiger partial charge < -0.3 is 4.74 Å². The zero-order valence-corrected chi connectivity index (χ0v) is 11.1. The van der Waals surface area contributed by atoms with E-state index in [4.69, 9.17) is 4.74 Å². The molecule has 0 radical (unpaired) electrons. The van der Waals surface area contributed by atoms with Crippen LogP contribution in [0.3, 0.4) is 0 Å². The highest BCUT2D eigenvalue weighted by Crippen LogP contribution is 2.14. The summed E-state index contributed by atoms with van der Waals surface area (Å²) in [5.41, 5.74) is 0. The van der Waals surface area contributed by atoms with Gasteiger partial charge >= 0.3 is 0 Å². The van der Waals surface area contributed by atoms with E-state index >= 15 is 0 Å². The average molecular weight is 264 g/mol. The topological polar surface area (TPSA) is 12.5 Å². The Morgan fingerprint density at radius 1 is 1.43 bits per heavy atom. The molecule has 3 heteroatoms. The third-order valence-electron chi connectivity index (χ3n) is 2.60. The van der Waals surface area contributed by atoms with Crippen molar-refractivity contribution in [3.63, 3.8) is 0 Å². The maximum Gasteiger partial charge on any atom is 0.0802 e. The summed E-state index contributed by atoms with van der Waals surface area (Å²) in [7, 11) is 0. The Labute approximate surface area is 96.1 Å². The Bertz CT molecular complexity index is 163. The third kappa shape index (κ3) is 4.28. The smallest absolute Gasteiger partial charge is 0.0802 e. The first-order valence-electron chi connectivity index (χ1n) is 5.55. The van der Waals surface area contributed by atoms with Crippen molar-refractivity contribution >= 4 is 15.9 Å². The Kier molecular flexibility index (Phi) is 5.42. The minimum absolute atomic E-state index is 0.380. The van der Waals surface area contributed by atoms with Crippen LogP contribution >= 0.6 is 15.9 Å². The molecule has 1 fully saturated rings. The molecule has 1 aliphatic heterocycles. The first kappa shape index (κ1) is 12.5. The molecule has 1 rings (SSSR count). The minimum Gasteiger partial charge on any atom is -0.372 e. The minimum atomic E-state index is 0.380. The summed E-state index contributed by atoms with van der Waals surface area (Å²) in [6.45, 7) is 10.1. The molecule has 2 nitrogen and oxygen atoms in total. The highest BCUT2D eigenvalue weighted by molar-refractivity contribution is 9.09. The molecule has 0 N–H and O–H groups in total. The van der Waals surface area contributed by atoms with Gasteiger partial charge in [-0.3, -0.25) is 4.90 Å². The molecule has 0 saturated carbocycles. The number of halogens is 1. The number of ether oxygens (including phenoxy) is 1. The van der Waals surface area contributed by atoms with Gasteiger partial charge in [0.05, 0.1) is 12.2 Å².